The molecule has 1 saturated heterocycles. The number of fused-ring (bicyclic) bond motifs is 1. The van der Waals surface area contributed by atoms with E-state index in [1.54, 1.807) is 0 Å². The molecule has 1 atom stereocenters. The summed E-state index contributed by atoms with van der Waals surface area (Å²) in [5.41, 5.74) is 2.97. The Balaban J connectivity index is 0.00000121. The van der Waals surface area contributed by atoms with Gasteiger partial charge in [-0.25, -0.2) is 4.98 Å². The second-order valence-electron chi connectivity index (χ2n) is 5.39. The Morgan fingerprint density at radius 2 is 2.27 bits per heavy atom. The number of nitrogens with one attached hydrogen (secondary N) is 2. The number of halogens is 2. The van der Waals surface area contributed by atoms with Gasteiger partial charge < -0.3 is 15.0 Å². The number of hydrogen-bond donors (Lipinski definition) is 2. The van der Waals surface area contributed by atoms with Gasteiger partial charge in [-0.05, 0) is 38.4 Å². The molecule has 0 aromatic carbocycles. The summed E-state index contributed by atoms with van der Waals surface area (Å²) in [6.45, 7) is 4.35. The molecule has 1 fully saturated rings. The van der Waals surface area contributed by atoms with Crippen molar-refractivity contribution in [3.05, 3.63) is 35.8 Å². The average Bonchev–Trinajstić information content (AvgIpc) is 2.90. The van der Waals surface area contributed by atoms with Crippen LogP contribution in [0.1, 0.15) is 24.2 Å². The number of carbonyl (C=O) groups is 1. The molecule has 1 aliphatic heterocycles. The number of pyridine rings is 1. The van der Waals surface area contributed by atoms with Crippen LogP contribution >= 0.6 is 24.8 Å². The lowest BCUT2D eigenvalue weighted by Crippen LogP contribution is -2.40. The normalized spacial score (nSPS) is 17.4. The molecule has 0 radical (unpaired) electrons. The van der Waals surface area contributed by atoms with Crippen molar-refractivity contribution in [1.82, 2.24) is 20.0 Å². The Labute approximate surface area is 142 Å². The van der Waals surface area contributed by atoms with Crippen LogP contribution in [0, 0.1) is 12.8 Å². The number of rotatable bonds is 3. The third-order valence-corrected chi connectivity index (χ3v) is 3.86. The summed E-state index contributed by atoms with van der Waals surface area (Å²) >= 11 is 0. The molecule has 1 unspecified atom stereocenters. The van der Waals surface area contributed by atoms with Gasteiger partial charge in [0.2, 0.25) is 5.91 Å². The van der Waals surface area contributed by atoms with Gasteiger partial charge in [0.25, 0.3) is 0 Å². The van der Waals surface area contributed by atoms with E-state index < -0.39 is 0 Å². The van der Waals surface area contributed by atoms with Crippen LogP contribution in [0.3, 0.4) is 0 Å². The van der Waals surface area contributed by atoms with Crippen molar-refractivity contribution in [3.8, 4) is 0 Å². The molecule has 2 aromatic rings. The maximum atomic E-state index is 12.1. The quantitative estimate of drug-likeness (QED) is 0.896. The zero-order chi connectivity index (χ0) is 13.9. The Kier molecular flexibility index (Phi) is 7.13. The van der Waals surface area contributed by atoms with E-state index in [0.717, 1.165) is 43.0 Å². The van der Waals surface area contributed by atoms with E-state index >= 15 is 0 Å². The summed E-state index contributed by atoms with van der Waals surface area (Å²) in [5.74, 6) is 0.230. The first-order chi connectivity index (χ1) is 9.74. The van der Waals surface area contributed by atoms with Gasteiger partial charge in [-0.15, -0.1) is 24.8 Å². The largest absolute Gasteiger partial charge is 0.350 e. The fourth-order valence-corrected chi connectivity index (χ4v) is 2.68. The van der Waals surface area contributed by atoms with Gasteiger partial charge in [0.1, 0.15) is 5.65 Å². The summed E-state index contributed by atoms with van der Waals surface area (Å²) in [4.78, 5) is 16.6. The lowest BCUT2D eigenvalue weighted by molar-refractivity contribution is -0.125. The number of carbonyl (C=O) groups excluding carboxylic acids is 1. The van der Waals surface area contributed by atoms with Gasteiger partial charge in [0, 0.05) is 18.4 Å². The maximum absolute atomic E-state index is 12.1. The molecule has 1 amide bonds. The summed E-state index contributed by atoms with van der Waals surface area (Å²) < 4.78 is 2.05. The topological polar surface area (TPSA) is 58.4 Å². The van der Waals surface area contributed by atoms with Gasteiger partial charge in [0.05, 0.1) is 18.2 Å². The molecule has 22 heavy (non-hydrogen) atoms. The van der Waals surface area contributed by atoms with Gasteiger partial charge in [-0.2, -0.15) is 0 Å². The van der Waals surface area contributed by atoms with Crippen LogP contribution in [0.4, 0.5) is 0 Å². The SMILES string of the molecule is Cc1cccc2nc(CNC(=O)C3CCCNC3)cn12.Cl.Cl. The maximum Gasteiger partial charge on any atom is 0.224 e. The van der Waals surface area contributed by atoms with Crippen LogP contribution in [-0.2, 0) is 11.3 Å². The van der Waals surface area contributed by atoms with Crippen molar-refractivity contribution in [2.24, 2.45) is 5.92 Å². The molecule has 0 saturated carbocycles. The summed E-state index contributed by atoms with van der Waals surface area (Å²) in [6.07, 6.45) is 4.04. The van der Waals surface area contributed by atoms with Crippen LogP contribution in [0.2, 0.25) is 0 Å². The molecule has 7 heteroatoms. The zero-order valence-corrected chi connectivity index (χ0v) is 14.2. The van der Waals surface area contributed by atoms with Gasteiger partial charge in [-0.1, -0.05) is 6.07 Å². The molecule has 0 spiro atoms. The molecule has 0 bridgehead atoms. The third kappa shape index (κ3) is 4.12. The standard InChI is InChI=1S/C15H20N4O.2ClH/c1-11-4-2-6-14-18-13(10-19(11)14)9-17-15(20)12-5-3-7-16-8-12;;/h2,4,6,10,12,16H,3,5,7-9H2,1H3,(H,17,20);2*1H. The molecular weight excluding hydrogens is 323 g/mol. The molecule has 3 rings (SSSR count). The number of piperidine rings is 1. The molecule has 1 aliphatic rings. The fourth-order valence-electron chi connectivity index (χ4n) is 2.68. The van der Waals surface area contributed by atoms with Crippen LogP contribution in [0.15, 0.2) is 24.4 Å². The smallest absolute Gasteiger partial charge is 0.224 e. The minimum atomic E-state index is 0. The number of aryl methyl sites for hydroxylation is 1. The summed E-state index contributed by atoms with van der Waals surface area (Å²) in [6, 6.07) is 6.02. The van der Waals surface area contributed by atoms with Crippen LogP contribution < -0.4 is 10.6 Å². The van der Waals surface area contributed by atoms with E-state index in [1.165, 1.54) is 0 Å². The second-order valence-corrected chi connectivity index (χ2v) is 5.39. The van der Waals surface area contributed by atoms with Crippen molar-refractivity contribution in [2.45, 2.75) is 26.3 Å². The number of amides is 1. The fraction of sp³-hybridized carbons (Fsp3) is 0.467. The predicted octanol–water partition coefficient (Wildman–Crippen LogP) is 2.10. The number of imidazole rings is 1. The molecule has 5 nitrogen and oxygen atoms in total. The lowest BCUT2D eigenvalue weighted by atomic mass is 9.99. The van der Waals surface area contributed by atoms with E-state index in [-0.39, 0.29) is 36.6 Å². The number of nitrogens with zero attached hydrogens (tertiary/aromatic N) is 2. The Hall–Kier alpha value is -1.30. The van der Waals surface area contributed by atoms with E-state index in [1.807, 2.05) is 35.7 Å². The van der Waals surface area contributed by atoms with Gasteiger partial charge in [0.15, 0.2) is 0 Å². The third-order valence-electron chi connectivity index (χ3n) is 3.86. The van der Waals surface area contributed by atoms with Crippen molar-refractivity contribution in [2.75, 3.05) is 13.1 Å². The first-order valence-corrected chi connectivity index (χ1v) is 7.16. The van der Waals surface area contributed by atoms with Crippen molar-refractivity contribution >= 4 is 36.4 Å². The van der Waals surface area contributed by atoms with Gasteiger partial charge in [-0.3, -0.25) is 4.79 Å². The van der Waals surface area contributed by atoms with E-state index in [4.69, 9.17) is 0 Å². The molecule has 122 valence electrons. The van der Waals surface area contributed by atoms with Crippen LogP contribution in [0.5, 0.6) is 0 Å². The molecule has 0 aliphatic carbocycles. The number of aromatic nitrogens is 2. The van der Waals surface area contributed by atoms with Crippen molar-refractivity contribution in [3.63, 3.8) is 0 Å². The summed E-state index contributed by atoms with van der Waals surface area (Å²) in [5, 5.41) is 6.26. The first kappa shape index (κ1) is 18.7. The second kappa shape index (κ2) is 8.36. The summed E-state index contributed by atoms with van der Waals surface area (Å²) in [7, 11) is 0. The predicted molar refractivity (Wildman–Crippen MR) is 91.9 cm³/mol. The molecular formula is C15H22Cl2N4O. The molecule has 3 heterocycles. The Morgan fingerprint density at radius 1 is 1.45 bits per heavy atom. The lowest BCUT2D eigenvalue weighted by Gasteiger charge is -2.21. The Bertz CT molecular complexity index is 623. The molecule has 2 aromatic heterocycles. The minimum absolute atomic E-state index is 0. The van der Waals surface area contributed by atoms with Gasteiger partial charge >= 0.3 is 0 Å². The van der Waals surface area contributed by atoms with E-state index in [0.29, 0.717) is 6.54 Å². The number of hydrogen-bond acceptors (Lipinski definition) is 3. The zero-order valence-electron chi connectivity index (χ0n) is 12.5. The highest BCUT2D eigenvalue weighted by atomic mass is 35.5. The molecule has 2 N–H and O–H groups in total. The Morgan fingerprint density at radius 3 is 2.95 bits per heavy atom. The first-order valence-electron chi connectivity index (χ1n) is 7.16. The van der Waals surface area contributed by atoms with E-state index in [9.17, 15) is 4.79 Å². The van der Waals surface area contributed by atoms with Crippen LogP contribution in [0.25, 0.3) is 5.65 Å². The van der Waals surface area contributed by atoms with Crippen LogP contribution in [-0.4, -0.2) is 28.4 Å². The highest BCUT2D eigenvalue weighted by molar-refractivity contribution is 5.85. The average molecular weight is 345 g/mol. The highest BCUT2D eigenvalue weighted by Crippen LogP contribution is 2.11. The minimum Gasteiger partial charge on any atom is -0.350 e. The van der Waals surface area contributed by atoms with Crippen molar-refractivity contribution in [1.29, 1.82) is 0 Å². The highest BCUT2D eigenvalue weighted by Gasteiger charge is 2.20. The monoisotopic (exact) mass is 344 g/mol. The van der Waals surface area contributed by atoms with Crippen molar-refractivity contribution < 1.29 is 4.79 Å². The van der Waals surface area contributed by atoms with E-state index in [2.05, 4.69) is 15.6 Å².